The summed E-state index contributed by atoms with van der Waals surface area (Å²) >= 11 is 0. The molecule has 20 heavy (non-hydrogen) atoms. The summed E-state index contributed by atoms with van der Waals surface area (Å²) in [5, 5.41) is 15.4. The fraction of sp³-hybridized carbons (Fsp3) is 0.667. The van der Waals surface area contributed by atoms with Crippen LogP contribution in [0.25, 0.3) is 0 Å². The molecule has 0 aromatic carbocycles. The summed E-state index contributed by atoms with van der Waals surface area (Å²) in [7, 11) is 0. The number of aliphatic hydroxyl groups excluding tert-OH is 1. The van der Waals surface area contributed by atoms with Crippen LogP contribution in [-0.2, 0) is 0 Å². The van der Waals surface area contributed by atoms with E-state index in [0.29, 0.717) is 11.2 Å². The Morgan fingerprint density at radius 3 is 2.85 bits per heavy atom. The molecule has 1 unspecified atom stereocenters. The van der Waals surface area contributed by atoms with Crippen LogP contribution in [0.5, 0.6) is 0 Å². The molecule has 1 fully saturated rings. The quantitative estimate of drug-likeness (QED) is 0.718. The fourth-order valence-corrected chi connectivity index (χ4v) is 2.82. The van der Waals surface area contributed by atoms with Crippen molar-refractivity contribution in [1.29, 1.82) is 0 Å². The second-order valence-corrected chi connectivity index (χ2v) is 5.70. The highest BCUT2D eigenvalue weighted by molar-refractivity contribution is 5.73. The molecule has 1 saturated carbocycles. The lowest BCUT2D eigenvalue weighted by Crippen LogP contribution is -2.46. The molecule has 2 rings (SSSR count). The topological polar surface area (TPSA) is 74.5 Å². The van der Waals surface area contributed by atoms with Crippen LogP contribution >= 0.6 is 0 Å². The number of amides is 2. The third-order valence-electron chi connectivity index (χ3n) is 4.15. The van der Waals surface area contributed by atoms with Crippen molar-refractivity contribution in [3.63, 3.8) is 0 Å². The van der Waals surface area contributed by atoms with Gasteiger partial charge in [0.05, 0.1) is 12.8 Å². The number of carbonyl (C=O) groups excluding carboxylic acids is 1. The molecule has 0 radical (unpaired) electrons. The zero-order valence-electron chi connectivity index (χ0n) is 12.0. The zero-order valence-corrected chi connectivity index (χ0v) is 12.0. The van der Waals surface area contributed by atoms with Crippen molar-refractivity contribution in [3.8, 4) is 0 Å². The van der Waals surface area contributed by atoms with Gasteiger partial charge in [-0.3, -0.25) is 0 Å². The summed E-state index contributed by atoms with van der Waals surface area (Å²) in [6.07, 6.45) is 6.70. The van der Waals surface area contributed by atoms with E-state index in [0.717, 1.165) is 13.0 Å². The monoisotopic (exact) mass is 280 g/mol. The van der Waals surface area contributed by atoms with E-state index in [1.54, 1.807) is 12.1 Å². The molecule has 0 spiro atoms. The van der Waals surface area contributed by atoms with E-state index in [-0.39, 0.29) is 12.6 Å². The average Bonchev–Trinajstić information content (AvgIpc) is 2.93. The normalized spacial score (nSPS) is 18.1. The molecule has 1 aromatic rings. The SMILES string of the molecule is CCCC1(CNC(=O)NCC(O)c2ccco2)CCC1. The molecule has 3 N–H and O–H groups in total. The van der Waals surface area contributed by atoms with Gasteiger partial charge in [-0.15, -0.1) is 0 Å². The first-order chi connectivity index (χ1) is 9.65. The number of furan rings is 1. The molecule has 5 nitrogen and oxygen atoms in total. The van der Waals surface area contributed by atoms with Gasteiger partial charge >= 0.3 is 6.03 Å². The number of nitrogens with one attached hydrogen (secondary N) is 2. The average molecular weight is 280 g/mol. The van der Waals surface area contributed by atoms with Gasteiger partial charge in [0.25, 0.3) is 0 Å². The van der Waals surface area contributed by atoms with Crippen LogP contribution in [0.1, 0.15) is 50.9 Å². The molecule has 1 aliphatic carbocycles. The first-order valence-electron chi connectivity index (χ1n) is 7.38. The Morgan fingerprint density at radius 2 is 2.30 bits per heavy atom. The van der Waals surface area contributed by atoms with E-state index in [1.807, 2.05) is 0 Å². The number of urea groups is 1. The van der Waals surface area contributed by atoms with E-state index in [1.165, 1.54) is 31.9 Å². The van der Waals surface area contributed by atoms with E-state index < -0.39 is 6.10 Å². The summed E-state index contributed by atoms with van der Waals surface area (Å²) in [6, 6.07) is 3.18. The maximum atomic E-state index is 11.7. The number of hydrogen-bond donors (Lipinski definition) is 3. The highest BCUT2D eigenvalue weighted by Gasteiger charge is 2.36. The Kier molecular flexibility index (Phi) is 5.06. The van der Waals surface area contributed by atoms with Crippen molar-refractivity contribution in [2.75, 3.05) is 13.1 Å². The predicted molar refractivity (Wildman–Crippen MR) is 76.3 cm³/mol. The molecular weight excluding hydrogens is 256 g/mol. The van der Waals surface area contributed by atoms with Crippen molar-refractivity contribution in [3.05, 3.63) is 24.2 Å². The predicted octanol–water partition coefficient (Wildman–Crippen LogP) is 2.58. The maximum Gasteiger partial charge on any atom is 0.314 e. The van der Waals surface area contributed by atoms with Crippen LogP contribution in [0.3, 0.4) is 0 Å². The van der Waals surface area contributed by atoms with E-state index in [9.17, 15) is 9.90 Å². The van der Waals surface area contributed by atoms with Crippen molar-refractivity contribution < 1.29 is 14.3 Å². The molecule has 1 aliphatic rings. The summed E-state index contributed by atoms with van der Waals surface area (Å²) in [4.78, 5) is 11.7. The highest BCUT2D eigenvalue weighted by atomic mass is 16.4. The number of carbonyl (C=O) groups is 1. The number of aliphatic hydroxyl groups is 1. The summed E-state index contributed by atoms with van der Waals surface area (Å²) in [5.74, 6) is 0.465. The molecule has 112 valence electrons. The van der Waals surface area contributed by atoms with Crippen LogP contribution < -0.4 is 10.6 Å². The minimum Gasteiger partial charge on any atom is -0.467 e. The standard InChI is InChI=1S/C15H24N2O3/c1-2-6-15(7-4-8-15)11-17-14(19)16-10-12(18)13-5-3-9-20-13/h3,5,9,12,18H,2,4,6-8,10-11H2,1H3,(H2,16,17,19). The van der Waals surface area contributed by atoms with Gasteiger partial charge in [-0.05, 0) is 36.8 Å². The lowest BCUT2D eigenvalue weighted by atomic mass is 9.66. The third-order valence-corrected chi connectivity index (χ3v) is 4.15. The first kappa shape index (κ1) is 14.9. The molecule has 0 saturated heterocycles. The van der Waals surface area contributed by atoms with Crippen LogP contribution in [-0.4, -0.2) is 24.2 Å². The van der Waals surface area contributed by atoms with Crippen LogP contribution in [0, 0.1) is 5.41 Å². The second kappa shape index (κ2) is 6.79. The van der Waals surface area contributed by atoms with Gasteiger partial charge in [0.1, 0.15) is 11.9 Å². The van der Waals surface area contributed by atoms with Crippen molar-refractivity contribution in [2.45, 2.75) is 45.1 Å². The molecule has 0 aliphatic heterocycles. The number of hydrogen-bond acceptors (Lipinski definition) is 3. The van der Waals surface area contributed by atoms with Gasteiger partial charge in [-0.2, -0.15) is 0 Å². The van der Waals surface area contributed by atoms with Crippen molar-refractivity contribution in [2.24, 2.45) is 5.41 Å². The minimum absolute atomic E-state index is 0.153. The Labute approximate surface area is 119 Å². The number of rotatable bonds is 7. The molecule has 0 bridgehead atoms. The molecule has 1 atom stereocenters. The third kappa shape index (κ3) is 3.76. The molecular formula is C15H24N2O3. The Balaban J connectivity index is 1.68. The van der Waals surface area contributed by atoms with Gasteiger partial charge < -0.3 is 20.2 Å². The van der Waals surface area contributed by atoms with Crippen LogP contribution in [0.15, 0.2) is 22.8 Å². The van der Waals surface area contributed by atoms with Gasteiger partial charge in [0.2, 0.25) is 0 Å². The maximum absolute atomic E-state index is 11.7. The van der Waals surface area contributed by atoms with Gasteiger partial charge in [0.15, 0.2) is 0 Å². The lowest BCUT2D eigenvalue weighted by Gasteiger charge is -2.42. The summed E-state index contributed by atoms with van der Waals surface area (Å²) in [5.41, 5.74) is 0.311. The molecule has 2 amide bonds. The minimum atomic E-state index is -0.802. The van der Waals surface area contributed by atoms with Crippen molar-refractivity contribution >= 4 is 6.03 Å². The summed E-state index contributed by atoms with van der Waals surface area (Å²) in [6.45, 7) is 3.06. The van der Waals surface area contributed by atoms with E-state index in [4.69, 9.17) is 4.42 Å². The Bertz CT molecular complexity index is 413. The summed E-state index contributed by atoms with van der Waals surface area (Å²) < 4.78 is 5.08. The van der Waals surface area contributed by atoms with Gasteiger partial charge in [0, 0.05) is 6.54 Å². The molecule has 5 heteroatoms. The smallest absolute Gasteiger partial charge is 0.314 e. The first-order valence-corrected chi connectivity index (χ1v) is 7.38. The Morgan fingerprint density at radius 1 is 1.50 bits per heavy atom. The van der Waals surface area contributed by atoms with E-state index in [2.05, 4.69) is 17.6 Å². The Hall–Kier alpha value is -1.49. The molecule has 1 aromatic heterocycles. The lowest BCUT2D eigenvalue weighted by molar-refractivity contribution is 0.116. The van der Waals surface area contributed by atoms with Gasteiger partial charge in [-0.1, -0.05) is 19.8 Å². The second-order valence-electron chi connectivity index (χ2n) is 5.70. The largest absolute Gasteiger partial charge is 0.467 e. The highest BCUT2D eigenvalue weighted by Crippen LogP contribution is 2.44. The van der Waals surface area contributed by atoms with Crippen LogP contribution in [0.2, 0.25) is 0 Å². The molecule has 1 heterocycles. The van der Waals surface area contributed by atoms with E-state index >= 15 is 0 Å². The zero-order chi connectivity index (χ0) is 14.4. The fourth-order valence-electron chi connectivity index (χ4n) is 2.82. The van der Waals surface area contributed by atoms with Crippen molar-refractivity contribution in [1.82, 2.24) is 10.6 Å². The van der Waals surface area contributed by atoms with Gasteiger partial charge in [-0.25, -0.2) is 4.79 Å². The van der Waals surface area contributed by atoms with Crippen LogP contribution in [0.4, 0.5) is 4.79 Å².